The Morgan fingerprint density at radius 1 is 1.41 bits per heavy atom. The number of aromatic nitrogens is 2. The summed E-state index contributed by atoms with van der Waals surface area (Å²) in [5, 5.41) is 8.97. The number of nitriles is 1. The molecule has 0 saturated carbocycles. The summed E-state index contributed by atoms with van der Waals surface area (Å²) in [5.74, 6) is 0. The van der Waals surface area contributed by atoms with Gasteiger partial charge in [0, 0.05) is 18.0 Å². The minimum atomic E-state index is -0.911. The van der Waals surface area contributed by atoms with Crippen molar-refractivity contribution in [2.24, 2.45) is 0 Å². The molecular weight excluding hydrogens is 218 g/mol. The Morgan fingerprint density at radius 2 is 2.18 bits per heavy atom. The molecule has 0 bridgehead atoms. The van der Waals surface area contributed by atoms with Gasteiger partial charge in [-0.25, -0.2) is 14.3 Å². The first-order chi connectivity index (χ1) is 8.31. The van der Waals surface area contributed by atoms with E-state index in [9.17, 15) is 4.79 Å². The third-order valence-electron chi connectivity index (χ3n) is 2.15. The van der Waals surface area contributed by atoms with E-state index in [-0.39, 0.29) is 0 Å². The molecule has 0 N–H and O–H groups in total. The van der Waals surface area contributed by atoms with E-state index in [2.05, 4.69) is 4.98 Å². The molecule has 1 atom stereocenters. The predicted octanol–water partition coefficient (Wildman–Crippen LogP) is 2.13. The van der Waals surface area contributed by atoms with Gasteiger partial charge in [-0.3, -0.25) is 0 Å². The summed E-state index contributed by atoms with van der Waals surface area (Å²) in [4.78, 5) is 15.3. The summed E-state index contributed by atoms with van der Waals surface area (Å²) >= 11 is 0. The fourth-order valence-electron chi connectivity index (χ4n) is 1.33. The zero-order chi connectivity index (χ0) is 12.1. The van der Waals surface area contributed by atoms with Crippen molar-refractivity contribution in [2.45, 2.75) is 6.10 Å². The van der Waals surface area contributed by atoms with Crippen molar-refractivity contribution in [3.63, 3.8) is 0 Å². The number of rotatable bonds is 2. The van der Waals surface area contributed by atoms with Crippen LogP contribution in [0.3, 0.4) is 0 Å². The molecule has 1 aromatic carbocycles. The van der Waals surface area contributed by atoms with Gasteiger partial charge in [0.25, 0.3) is 0 Å². The molecule has 0 spiro atoms. The van der Waals surface area contributed by atoms with E-state index >= 15 is 0 Å². The second-order valence-corrected chi connectivity index (χ2v) is 3.27. The van der Waals surface area contributed by atoms with Crippen LogP contribution in [0.15, 0.2) is 49.1 Å². The Morgan fingerprint density at radius 3 is 2.76 bits per heavy atom. The van der Waals surface area contributed by atoms with Gasteiger partial charge in [-0.1, -0.05) is 30.3 Å². The molecule has 0 fully saturated rings. The second kappa shape index (κ2) is 4.94. The summed E-state index contributed by atoms with van der Waals surface area (Å²) in [6.07, 6.45) is 2.71. The lowest BCUT2D eigenvalue weighted by molar-refractivity contribution is 0.124. The van der Waals surface area contributed by atoms with Gasteiger partial charge < -0.3 is 4.74 Å². The largest absolute Gasteiger partial charge is 0.425 e. The highest BCUT2D eigenvalue weighted by Gasteiger charge is 2.16. The number of imidazole rings is 1. The van der Waals surface area contributed by atoms with Crippen LogP contribution >= 0.6 is 0 Å². The zero-order valence-corrected chi connectivity index (χ0v) is 8.85. The Labute approximate surface area is 97.9 Å². The highest BCUT2D eigenvalue weighted by molar-refractivity contribution is 5.70. The van der Waals surface area contributed by atoms with Crippen molar-refractivity contribution in [3.05, 3.63) is 54.6 Å². The first-order valence-corrected chi connectivity index (χ1v) is 4.95. The molecule has 2 rings (SSSR count). The van der Waals surface area contributed by atoms with Crippen LogP contribution in [0.25, 0.3) is 0 Å². The maximum Gasteiger partial charge on any atom is 0.420 e. The molecule has 2 aromatic rings. The Balaban J connectivity index is 2.12. The molecule has 0 aliphatic carbocycles. The molecular formula is C12H9N3O2. The number of benzene rings is 1. The van der Waals surface area contributed by atoms with Gasteiger partial charge >= 0.3 is 6.09 Å². The Hall–Kier alpha value is -2.61. The van der Waals surface area contributed by atoms with E-state index in [4.69, 9.17) is 10.00 Å². The third kappa shape index (κ3) is 2.49. The molecule has 84 valence electrons. The van der Waals surface area contributed by atoms with E-state index in [0.29, 0.717) is 5.56 Å². The third-order valence-corrected chi connectivity index (χ3v) is 2.15. The number of carbonyl (C=O) groups excluding carboxylic acids is 1. The minimum absolute atomic E-state index is 0.627. The summed E-state index contributed by atoms with van der Waals surface area (Å²) in [7, 11) is 0. The average molecular weight is 227 g/mol. The van der Waals surface area contributed by atoms with Crippen LogP contribution in [0.1, 0.15) is 11.7 Å². The molecule has 17 heavy (non-hydrogen) atoms. The number of hydrogen-bond acceptors (Lipinski definition) is 4. The lowest BCUT2D eigenvalue weighted by atomic mass is 10.1. The summed E-state index contributed by atoms with van der Waals surface area (Å²) < 4.78 is 6.23. The lowest BCUT2D eigenvalue weighted by Gasteiger charge is -2.10. The summed E-state index contributed by atoms with van der Waals surface area (Å²) in [6, 6.07) is 10.8. The fraction of sp³-hybridized carbons (Fsp3) is 0.0833. The van der Waals surface area contributed by atoms with E-state index in [1.807, 2.05) is 12.1 Å². The van der Waals surface area contributed by atoms with E-state index in [1.165, 1.54) is 23.3 Å². The van der Waals surface area contributed by atoms with Gasteiger partial charge in [0.05, 0.1) is 0 Å². The maximum atomic E-state index is 11.6. The van der Waals surface area contributed by atoms with E-state index in [0.717, 1.165) is 0 Å². The van der Waals surface area contributed by atoms with Crippen molar-refractivity contribution < 1.29 is 9.53 Å². The van der Waals surface area contributed by atoms with E-state index in [1.54, 1.807) is 24.3 Å². The Bertz CT molecular complexity index is 529. The number of nitrogens with zero attached hydrogens (tertiary/aromatic N) is 3. The molecule has 0 radical (unpaired) electrons. The lowest BCUT2D eigenvalue weighted by Crippen LogP contribution is -2.15. The smallest absolute Gasteiger partial charge is 0.420 e. The summed E-state index contributed by atoms with van der Waals surface area (Å²) in [5.41, 5.74) is 0.642. The van der Waals surface area contributed by atoms with Crippen LogP contribution in [-0.4, -0.2) is 15.6 Å². The fourth-order valence-corrected chi connectivity index (χ4v) is 1.33. The molecule has 1 aromatic heterocycles. The average Bonchev–Trinajstić information content (AvgIpc) is 2.90. The standard InChI is InChI=1S/C12H9N3O2/c13-8-11(10-4-2-1-3-5-10)17-12(16)15-7-6-14-9-15/h1-7,9,11H. The normalized spacial score (nSPS) is 11.5. The van der Waals surface area contributed by atoms with Crippen molar-refractivity contribution in [1.82, 2.24) is 9.55 Å². The van der Waals surface area contributed by atoms with Crippen LogP contribution in [0.2, 0.25) is 0 Å². The van der Waals surface area contributed by atoms with Gasteiger partial charge in [0.1, 0.15) is 12.4 Å². The van der Waals surface area contributed by atoms with Crippen LogP contribution in [0.4, 0.5) is 4.79 Å². The second-order valence-electron chi connectivity index (χ2n) is 3.27. The number of carbonyl (C=O) groups is 1. The van der Waals surface area contributed by atoms with E-state index < -0.39 is 12.2 Å². The van der Waals surface area contributed by atoms with Gasteiger partial charge in [0.2, 0.25) is 6.10 Å². The maximum absolute atomic E-state index is 11.6. The van der Waals surface area contributed by atoms with Crippen molar-refractivity contribution >= 4 is 6.09 Å². The molecule has 0 saturated heterocycles. The molecule has 0 aliphatic heterocycles. The van der Waals surface area contributed by atoms with Crippen molar-refractivity contribution in [2.75, 3.05) is 0 Å². The number of hydrogen-bond donors (Lipinski definition) is 0. The first kappa shape index (κ1) is 10.9. The Kier molecular flexibility index (Phi) is 3.17. The molecule has 5 heteroatoms. The van der Waals surface area contributed by atoms with Gasteiger partial charge in [-0.05, 0) is 0 Å². The molecule has 1 heterocycles. The highest BCUT2D eigenvalue weighted by Crippen LogP contribution is 2.16. The van der Waals surface area contributed by atoms with Gasteiger partial charge in [-0.2, -0.15) is 5.26 Å². The topological polar surface area (TPSA) is 67.9 Å². The highest BCUT2D eigenvalue weighted by atomic mass is 16.6. The quantitative estimate of drug-likeness (QED) is 0.788. The minimum Gasteiger partial charge on any atom is -0.425 e. The van der Waals surface area contributed by atoms with Gasteiger partial charge in [0.15, 0.2) is 0 Å². The van der Waals surface area contributed by atoms with Crippen LogP contribution in [0, 0.1) is 11.3 Å². The SMILES string of the molecule is N#CC(OC(=O)n1ccnc1)c1ccccc1. The summed E-state index contributed by atoms with van der Waals surface area (Å²) in [6.45, 7) is 0. The van der Waals surface area contributed by atoms with Crippen LogP contribution < -0.4 is 0 Å². The predicted molar refractivity (Wildman–Crippen MR) is 58.9 cm³/mol. The first-order valence-electron chi connectivity index (χ1n) is 4.95. The van der Waals surface area contributed by atoms with Crippen LogP contribution in [-0.2, 0) is 4.74 Å². The van der Waals surface area contributed by atoms with Crippen molar-refractivity contribution in [3.8, 4) is 6.07 Å². The molecule has 1 unspecified atom stereocenters. The van der Waals surface area contributed by atoms with Crippen LogP contribution in [0.5, 0.6) is 0 Å². The molecule has 0 amide bonds. The van der Waals surface area contributed by atoms with Gasteiger partial charge in [-0.15, -0.1) is 0 Å². The molecule has 5 nitrogen and oxygen atoms in total. The zero-order valence-electron chi connectivity index (χ0n) is 8.85. The molecule has 0 aliphatic rings. The monoisotopic (exact) mass is 227 g/mol. The van der Waals surface area contributed by atoms with Crippen molar-refractivity contribution in [1.29, 1.82) is 5.26 Å². The number of ether oxygens (including phenoxy) is 1.